The van der Waals surface area contributed by atoms with Crippen molar-refractivity contribution in [1.82, 2.24) is 0 Å². The Kier molecular flexibility index (Phi) is 543. The number of nitrogens with zero attached hydrogens (tertiary/aromatic N) is 1. The first-order valence-corrected chi connectivity index (χ1v) is 29.2. The maximum atomic E-state index is 11.2. The van der Waals surface area contributed by atoms with Gasteiger partial charge in [-0.1, -0.05) is 209 Å². The second-order valence-corrected chi connectivity index (χ2v) is 12.9. The van der Waals surface area contributed by atoms with Crippen LogP contribution in [0.15, 0.2) is 28.6 Å². The van der Waals surface area contributed by atoms with Gasteiger partial charge in [0, 0.05) is 48.8 Å². The number of ether oxygens (including phenoxy) is 4. The second kappa shape index (κ2) is 258. The van der Waals surface area contributed by atoms with Gasteiger partial charge >= 0.3 is 138 Å². The maximum Gasteiger partial charge on any atom is 1.00 e. The van der Waals surface area contributed by atoms with Crippen LogP contribution >= 0.6 is 25.0 Å². The Hall–Kier alpha value is -0.579. The molecule has 541 valence electrons. The van der Waals surface area contributed by atoms with Crippen molar-refractivity contribution in [2.45, 2.75) is 293 Å². The summed E-state index contributed by atoms with van der Waals surface area (Å²) in [5.74, 6) is 0.836. The molecule has 0 bridgehead atoms. The minimum Gasteiger partial charge on any atom is -0.870 e. The number of aldehydes is 1. The normalized spacial score (nSPS) is 6.64. The van der Waals surface area contributed by atoms with Crippen molar-refractivity contribution in [3.63, 3.8) is 0 Å². The number of hydrogen-bond acceptors (Lipinski definition) is 19. The van der Waals surface area contributed by atoms with Gasteiger partial charge in [0.1, 0.15) is 11.9 Å². The van der Waals surface area contributed by atoms with E-state index in [2.05, 4.69) is 89.5 Å². The molecule has 0 amide bonds. The number of aliphatic hydroxyl groups excluding tert-OH is 1. The number of esters is 2. The monoisotopic (exact) mass is 1370 g/mol. The molecule has 0 atom stereocenters. The van der Waals surface area contributed by atoms with Crippen LogP contribution in [0.2, 0.25) is 13.6 Å². The summed E-state index contributed by atoms with van der Waals surface area (Å²) in [6.07, 6.45) is 14.5. The van der Waals surface area contributed by atoms with Crippen LogP contribution in [0.4, 0.5) is 13.2 Å². The van der Waals surface area contributed by atoms with Gasteiger partial charge in [-0.2, -0.15) is 8.78 Å². The van der Waals surface area contributed by atoms with Crippen molar-refractivity contribution in [3.05, 3.63) is 24.3 Å². The number of thiocarbonyl (C=S) groups is 1. The molecule has 0 fully saturated rings. The zero-order chi connectivity index (χ0) is 76.9. The van der Waals surface area contributed by atoms with Crippen LogP contribution in [0.1, 0.15) is 262 Å². The van der Waals surface area contributed by atoms with Crippen LogP contribution in [0.25, 0.3) is 0 Å². The first kappa shape index (κ1) is 185. The van der Waals surface area contributed by atoms with Crippen molar-refractivity contribution in [2.24, 2.45) is 4.30 Å². The molecule has 0 heterocycles. The number of rotatable bonds is 2. The third-order valence-electron chi connectivity index (χ3n) is 2.74. The molecule has 0 aromatic carbocycles. The van der Waals surface area contributed by atoms with Crippen molar-refractivity contribution in [3.8, 4) is 12.3 Å². The van der Waals surface area contributed by atoms with E-state index in [4.69, 9.17) is 51.4 Å². The quantitative estimate of drug-likeness (QED) is 0.0242. The van der Waals surface area contributed by atoms with Crippen LogP contribution in [0.3, 0.4) is 0 Å². The zero-order valence-electron chi connectivity index (χ0n) is 66.0. The summed E-state index contributed by atoms with van der Waals surface area (Å²) < 4.78 is 51.0. The van der Waals surface area contributed by atoms with Gasteiger partial charge in [-0.3, -0.25) is 18.8 Å². The first-order valence-electron chi connectivity index (χ1n) is 28.4. The molecule has 28 heteroatoms. The van der Waals surface area contributed by atoms with Gasteiger partial charge in [0.05, 0.1) is 28.5 Å². The molecule has 0 aliphatic heterocycles. The zero-order valence-corrected chi connectivity index (χ0v) is 72.8. The molecule has 0 unspecified atom stereocenters. The van der Waals surface area contributed by atoms with Crippen molar-refractivity contribution < 1.29 is 178 Å². The largest absolute Gasteiger partial charge is 1.00 e. The Labute approximate surface area is 624 Å². The fourth-order valence-corrected chi connectivity index (χ4v) is 0. The molecule has 0 aliphatic carbocycles. The fraction of sp³-hybridized carbons (Fsp3) is 0.817. The summed E-state index contributed by atoms with van der Waals surface area (Å²) in [6.45, 7) is 66.9. The minimum atomic E-state index is -2.96. The minimum absolute atomic E-state index is 0. The summed E-state index contributed by atoms with van der Waals surface area (Å²) >= 11 is 7.67. The van der Waals surface area contributed by atoms with E-state index in [-0.39, 0.29) is 98.4 Å². The van der Waals surface area contributed by atoms with Crippen LogP contribution in [0.5, 0.6) is 0 Å². The number of carbonyl (C=O) groups is 4. The first-order chi connectivity index (χ1) is 39.1. The predicted molar refractivity (Wildman–Crippen MR) is 383 cm³/mol. The SMILES string of the molecule is C#CC(C)(C)O.CB(O)O.CB(O)O.CC.CC.CC.CC.CC.CC.CC.CC.CC(=O)O.CC(C)(C)[O-].CC=CC.CC=CC.CC=O.CCC.CCCC.CF.CO.COC(C)(F)F.COC(C)=O.COC(C)=O.COC(C)=S.[B]=NS.[K+].[Na+].[OH-]. The van der Waals surface area contributed by atoms with E-state index >= 15 is 0 Å². The Morgan fingerprint density at radius 3 is 0.693 bits per heavy atom. The fourth-order valence-electron chi connectivity index (χ4n) is 0. The van der Waals surface area contributed by atoms with Crippen molar-refractivity contribution in [1.29, 1.82) is 0 Å². The van der Waals surface area contributed by atoms with E-state index in [0.717, 1.165) is 27.4 Å². The van der Waals surface area contributed by atoms with E-state index in [0.29, 0.717) is 19.2 Å². The topological polar surface area (TPSA) is 312 Å². The Morgan fingerprint density at radius 2 is 0.693 bits per heavy atom. The van der Waals surface area contributed by atoms with Crippen LogP contribution in [-0.4, -0.2) is 152 Å². The smallest absolute Gasteiger partial charge is 0.870 e. The second-order valence-electron chi connectivity index (χ2n) is 12.1. The number of aliphatic carboxylic acids is 1. The summed E-state index contributed by atoms with van der Waals surface area (Å²) in [6, 6.07) is 0. The Balaban J connectivity index is -0.0000000165. The summed E-state index contributed by atoms with van der Waals surface area (Å²) in [7, 11) is 8.72. The molecule has 0 aliphatic rings. The number of methoxy groups -OCH3 is 4. The number of halogens is 3. The van der Waals surface area contributed by atoms with Gasteiger partial charge < -0.3 is 69.7 Å². The van der Waals surface area contributed by atoms with Gasteiger partial charge in [-0.15, -0.1) is 12.0 Å². The molecule has 0 saturated carbocycles. The maximum absolute atomic E-state index is 11.2. The predicted octanol–water partition coefficient (Wildman–Crippen LogP) is 10.4. The molecule has 1 radical (unpaired) electrons. The number of alkyl halides is 3. The van der Waals surface area contributed by atoms with Gasteiger partial charge in [-0.25, -0.2) is 0 Å². The number of terminal acetylenes is 1. The third kappa shape index (κ3) is 2930. The van der Waals surface area contributed by atoms with Crippen molar-refractivity contribution in [2.75, 3.05) is 42.7 Å². The number of carboxylic acid groups (broad SMARTS) is 1. The average molecular weight is 1370 g/mol. The molecular weight excluding hydrogens is 1220 g/mol. The average Bonchev–Trinajstić information content (AvgIpc) is 3.46. The number of unbranched alkanes of at least 4 members (excludes halogenated alkanes) is 1. The molecule has 0 aromatic heterocycles. The molecule has 0 rings (SSSR count). The van der Waals surface area contributed by atoms with Gasteiger partial charge in [0.15, 0.2) is 5.05 Å². The number of thiol groups is 1. The number of hydrogen-bond donors (Lipinski definition) is 8. The van der Waals surface area contributed by atoms with Crippen LogP contribution in [0, 0.1) is 12.3 Å². The van der Waals surface area contributed by atoms with E-state index < -0.39 is 37.5 Å². The Morgan fingerprint density at radius 1 is 0.625 bits per heavy atom. The summed E-state index contributed by atoms with van der Waals surface area (Å²) in [4.78, 5) is 37.0. The number of carbonyl (C=O) groups excluding carboxylic acids is 3. The third-order valence-corrected chi connectivity index (χ3v) is 2.91. The molecule has 8 N–H and O–H groups in total. The van der Waals surface area contributed by atoms with E-state index in [1.54, 1.807) is 48.7 Å². The molecule has 18 nitrogen and oxygen atoms in total. The molecule has 0 aromatic rings. The number of allylic oxidation sites excluding steroid dienone is 4. The van der Waals surface area contributed by atoms with Crippen LogP contribution < -0.4 is 86.0 Å². The standard InChI is InChI=1S/C5H8O.C4H9O.C4H10.2C4H8.C3H6F2O.2C3H6O2.C3H6OS.C3H8.C2H4O2.C2H4O.8C2H6.2CH5BO2.CH3F.CH4O.BHNS.K.Na.H2O/c1-4-5(2,3)6;1-4(2,3)5;3*1-3-4-2;1-3(4,5)6-2;2*1-3(4)5-2;1-3(5)4-2;1-3-2;1-2(3)4;1-2-3;8*1-2;2*1-2(3)4;2*1-2;1-2-3;;;/h1,6H,2-3H3;1-3H3;3-4H2,1-2H3;2*3-4H,1-2H3;1-2H3;3*1-2H3;3H2,1-2H3;1H3,(H,3,4);2H,1H3;8*1-2H3;2*3-4H,1H3;1H3;2H,1H3;3H;;;1H2/q;-1;;;;;;;;;;;;;;;;;;;;;;;;2*+1;/p-1. The van der Waals surface area contributed by atoms with Gasteiger partial charge in [-0.05, 0) is 74.3 Å². The van der Waals surface area contributed by atoms with Crippen molar-refractivity contribution >= 4 is 76.2 Å². The Bertz CT molecular complexity index is 947. The van der Waals surface area contributed by atoms with Gasteiger partial charge in [0.2, 0.25) is 0 Å². The molecular formula is C60H150B3F3KNNaO17S2. The number of aliphatic hydroxyl groups is 2. The molecule has 0 saturated heterocycles. The molecule has 0 spiro atoms. The summed E-state index contributed by atoms with van der Waals surface area (Å²) in [5, 5.41) is 64.1. The van der Waals surface area contributed by atoms with E-state index in [1.165, 1.54) is 67.9 Å². The molecule has 88 heavy (non-hydrogen) atoms. The number of carboxylic acids is 1. The van der Waals surface area contributed by atoms with E-state index in [9.17, 15) is 27.9 Å². The van der Waals surface area contributed by atoms with E-state index in [1.807, 2.05) is 163 Å². The summed E-state index contributed by atoms with van der Waals surface area (Å²) in [5.41, 5.74) is -1.68. The van der Waals surface area contributed by atoms with Gasteiger partial charge in [0.25, 0.3) is 5.97 Å². The van der Waals surface area contributed by atoms with Crippen LogP contribution in [-0.2, 0) is 38.1 Å².